The number of rotatable bonds is 13. The third-order valence-corrected chi connectivity index (χ3v) is 20.1. The Morgan fingerprint density at radius 1 is 0.436 bits per heavy atom. The van der Waals surface area contributed by atoms with Gasteiger partial charge in [-0.15, -0.1) is 12.0 Å². The molecule has 12 aromatic rings. The fraction of sp³-hybridized carbons (Fsp3) is 0.160. The fourth-order valence-electron chi connectivity index (χ4n) is 9.85. The first-order chi connectivity index (χ1) is 48.2. The van der Waals surface area contributed by atoms with Gasteiger partial charge in [-0.05, 0) is 45.1 Å². The van der Waals surface area contributed by atoms with Crippen LogP contribution in [0.4, 0.5) is 29.1 Å². The molecule has 8 aromatic carbocycles. The molecule has 16 nitrogen and oxygen atoms in total. The van der Waals surface area contributed by atoms with Crippen LogP contribution in [0, 0.1) is 23.8 Å². The van der Waals surface area contributed by atoms with E-state index in [0.29, 0.717) is 74.2 Å². The van der Waals surface area contributed by atoms with Crippen molar-refractivity contribution < 1.29 is 92.2 Å². The summed E-state index contributed by atoms with van der Waals surface area (Å²) in [4.78, 5) is 38.3. The van der Waals surface area contributed by atoms with Crippen LogP contribution in [0.25, 0.3) is 90.1 Å². The summed E-state index contributed by atoms with van der Waals surface area (Å²) >= 11 is 6.17. The molecular formula is C81H87ClKN14NaO2Si. The van der Waals surface area contributed by atoms with E-state index in [2.05, 4.69) is 73.4 Å². The third kappa shape index (κ3) is 24.4. The van der Waals surface area contributed by atoms with Gasteiger partial charge in [0.05, 0.1) is 7.11 Å². The number of terminal acetylenes is 1. The van der Waals surface area contributed by atoms with Crippen LogP contribution >= 0.6 is 11.6 Å². The van der Waals surface area contributed by atoms with E-state index in [-0.39, 0.29) is 82.4 Å². The minimum Gasteiger partial charge on any atom is -1.00 e. The predicted molar refractivity (Wildman–Crippen MR) is 416 cm³/mol. The molecule has 0 radical (unpaired) electrons. The van der Waals surface area contributed by atoms with E-state index in [1.54, 1.807) is 14.0 Å². The Kier molecular flexibility index (Phi) is 37.7. The Balaban J connectivity index is 0.000000330. The molecule has 4 aromatic heterocycles. The van der Waals surface area contributed by atoms with Crippen molar-refractivity contribution >= 4 is 48.8 Å². The van der Waals surface area contributed by atoms with Crippen LogP contribution in [0.2, 0.25) is 23.3 Å². The summed E-state index contributed by atoms with van der Waals surface area (Å²) in [6.07, 6.45) is 5.45. The quantitative estimate of drug-likeness (QED) is 0.0531. The van der Waals surface area contributed by atoms with Crippen LogP contribution in [0.3, 0.4) is 0 Å². The van der Waals surface area contributed by atoms with Gasteiger partial charge in [-0.1, -0.05) is 281 Å². The van der Waals surface area contributed by atoms with Crippen molar-refractivity contribution in [2.24, 2.45) is 0 Å². The summed E-state index contributed by atoms with van der Waals surface area (Å²) < 4.78 is 5.32. The van der Waals surface area contributed by atoms with Crippen molar-refractivity contribution in [2.45, 2.75) is 45.8 Å². The number of hydrogen-bond acceptors (Lipinski definition) is 16. The number of benzene rings is 8. The minimum absolute atomic E-state index is 0. The van der Waals surface area contributed by atoms with E-state index < -0.39 is 8.07 Å². The number of hydrogen-bond donors (Lipinski definition) is 5. The van der Waals surface area contributed by atoms with Gasteiger partial charge in [0, 0.05) is 58.6 Å². The second-order valence-corrected chi connectivity index (χ2v) is 27.2. The number of methoxy groups -OCH3 is 1. The molecule has 0 atom stereocenters. The second kappa shape index (κ2) is 45.0. The predicted octanol–water partition coefficient (Wildman–Crippen LogP) is 10.3. The second-order valence-electron chi connectivity index (χ2n) is 21.9. The largest absolute Gasteiger partial charge is 1.00 e. The van der Waals surface area contributed by atoms with Crippen molar-refractivity contribution in [2.75, 3.05) is 70.2 Å². The maximum absolute atomic E-state index is 8.25. The summed E-state index contributed by atoms with van der Waals surface area (Å²) in [7, 11) is 8.79. The monoisotopic (exact) mass is 1410 g/mol. The number of aromatic nitrogens is 8. The summed E-state index contributed by atoms with van der Waals surface area (Å²) in [5, 5.41) is 11.3. The maximum atomic E-state index is 8.25. The van der Waals surface area contributed by atoms with Gasteiger partial charge in [-0.2, -0.15) is 12.1 Å². The molecule has 506 valence electrons. The van der Waals surface area contributed by atoms with Gasteiger partial charge >= 0.3 is 80.9 Å². The van der Waals surface area contributed by atoms with E-state index in [0.717, 1.165) is 68.8 Å². The zero-order valence-corrected chi connectivity index (χ0v) is 66.7. The van der Waals surface area contributed by atoms with Gasteiger partial charge in [0.15, 0.2) is 34.2 Å². The summed E-state index contributed by atoms with van der Waals surface area (Å²) in [6, 6.07) is 82.4. The summed E-state index contributed by atoms with van der Waals surface area (Å²) in [5.41, 5.74) is 41.0. The number of nitrogens with zero attached hydrogens (tertiary/aromatic N) is 9. The van der Waals surface area contributed by atoms with E-state index in [4.69, 9.17) is 60.8 Å². The average molecular weight is 1410 g/mol. The minimum atomic E-state index is -1.16. The van der Waals surface area contributed by atoms with Crippen molar-refractivity contribution in [1.82, 2.24) is 45.2 Å². The zero-order valence-electron chi connectivity index (χ0n) is 60.8. The molecule has 101 heavy (non-hydrogen) atoms. The molecule has 0 fully saturated rings. The van der Waals surface area contributed by atoms with E-state index in [1.165, 1.54) is 18.1 Å². The molecule has 20 heteroatoms. The van der Waals surface area contributed by atoms with Crippen molar-refractivity contribution in [3.05, 3.63) is 254 Å². The van der Waals surface area contributed by atoms with Crippen LogP contribution in [0.1, 0.15) is 34.8 Å². The van der Waals surface area contributed by atoms with E-state index in [1.807, 2.05) is 276 Å². The first kappa shape index (κ1) is 84.5. The number of nitrogen functional groups attached to an aromatic ring is 4. The Bertz CT molecular complexity index is 4450. The first-order valence-electron chi connectivity index (χ1n) is 32.1. The van der Waals surface area contributed by atoms with Crippen molar-refractivity contribution in [1.29, 1.82) is 0 Å². The van der Waals surface area contributed by atoms with Gasteiger partial charge in [0.1, 0.15) is 59.3 Å². The number of nitrogens with two attached hydrogens (primary N) is 4. The van der Waals surface area contributed by atoms with E-state index in [9.17, 15) is 0 Å². The molecule has 0 saturated carbocycles. The van der Waals surface area contributed by atoms with Crippen LogP contribution in [-0.2, 0) is 0 Å². The zero-order chi connectivity index (χ0) is 71.5. The Morgan fingerprint density at radius 2 is 0.693 bits per heavy atom. The molecule has 0 aliphatic carbocycles. The maximum Gasteiger partial charge on any atom is 1.00 e. The normalized spacial score (nSPS) is 9.85. The average Bonchev–Trinajstić information content (AvgIpc) is 0.821. The molecule has 0 aliphatic heterocycles. The molecule has 0 bridgehead atoms. The Labute approximate surface area is 668 Å². The van der Waals surface area contributed by atoms with Crippen molar-refractivity contribution in [3.63, 3.8) is 0 Å². The van der Waals surface area contributed by atoms with E-state index >= 15 is 0 Å². The molecule has 0 amide bonds. The molecule has 0 saturated heterocycles. The van der Waals surface area contributed by atoms with Crippen LogP contribution < -0.4 is 124 Å². The third-order valence-electron chi connectivity index (χ3n) is 15.2. The van der Waals surface area contributed by atoms with Gasteiger partial charge in [-0.25, -0.2) is 34.9 Å². The molecule has 4 heterocycles. The smallest absolute Gasteiger partial charge is 1.00 e. The molecule has 9 N–H and O–H groups in total. The van der Waals surface area contributed by atoms with Crippen LogP contribution in [0.15, 0.2) is 243 Å². The standard InChI is InChI=1S/C19H15N3.C18H18N4.C17H15N3O.C16H12ClN3.C8H16Si.C2H7N.CH3O.K.Na.H/c1-2-9-16-17(14-10-5-3-6-11-14)22-18(19(20)21-16)15-12-7-4-8-13-15;1-22(2)18-16(14-11-7-4-8-12-14)20-15(17(19)21-18)13-9-5-3-6-10-13;1-21-17-15(13-10-6-3-7-11-13)19-14(16(18)20-17)12-8-4-2-5-9-12;17-15-13(11-7-3-1-4-8-11)19-14(16(18)20-15)12-9-5-2-6-10-12;1-5-9(6-2,7-3)8-4;1-3-2;1-2;;;/h3-8,10-13H,1H3,(H2,20,21);3-12H,1-2H3,(H2,19,21);2-11H,1H3,(H2,18,20);1-10H,(H2,18,20);1H,6-8H2,2-4H3;3H,1-2H3;1H3;;;/q;;;;;;-1;2*+1;-1. The molecule has 0 aliphatic rings. The molecule has 0 unspecified atom stereocenters. The summed E-state index contributed by atoms with van der Waals surface area (Å²) in [6.45, 7) is 8.44. The number of nitrogens with one attached hydrogen (secondary N) is 1. The molecule has 12 rings (SSSR count). The Morgan fingerprint density at radius 3 is 0.990 bits per heavy atom. The number of anilines is 5. The SMILES string of the molecule is C#C[Si](CC)(CC)CC.CC#Cc1nc(N)c(-c2ccccc2)nc1-c1ccccc1.CN(C)c1nc(N)c(-c2ccccc2)nc1-c1ccccc1.CNC.COc1nc(N)c(-c2ccccc2)nc1-c1ccccc1.C[O-].Nc1nc(Cl)c(-c2ccccc2)nc1-c1ccccc1.[H-].[K+].[Na+]. The number of halogens is 1. The molecular weight excluding hydrogens is 1330 g/mol. The van der Waals surface area contributed by atoms with Gasteiger partial charge in [0.2, 0.25) is 5.88 Å². The Hall–Kier alpha value is -8.94. The van der Waals surface area contributed by atoms with Crippen LogP contribution in [0.5, 0.6) is 5.88 Å². The fourth-order valence-corrected chi connectivity index (χ4v) is 12.2. The molecule has 0 spiro atoms. The van der Waals surface area contributed by atoms with Crippen molar-refractivity contribution in [3.8, 4) is 120 Å². The number of ether oxygens (including phenoxy) is 1. The van der Waals surface area contributed by atoms with Gasteiger partial charge in [0.25, 0.3) is 0 Å². The summed E-state index contributed by atoms with van der Waals surface area (Å²) in [5.74, 6) is 8.58. The van der Waals surface area contributed by atoms with Gasteiger partial charge < -0.3 is 44.4 Å². The van der Waals surface area contributed by atoms with Gasteiger partial charge in [-0.3, -0.25) is 0 Å². The van der Waals surface area contributed by atoms with Crippen LogP contribution in [-0.4, -0.2) is 90.4 Å². The first-order valence-corrected chi connectivity index (χ1v) is 35.1. The topological polar surface area (TPSA) is 255 Å².